The third kappa shape index (κ3) is 22.1. The second-order valence-corrected chi connectivity index (χ2v) is 29.2. The molecule has 35 nitrogen and oxygen atoms in total. The average molecular weight is 1550 g/mol. The number of methoxy groups -OCH3 is 2. The number of likely N-dealkylation sites (N-methyl/N-ethyl adjacent to an activating group) is 3. The minimum Gasteiger partial charge on any atom is -0.480 e. The Hall–Kier alpha value is -10.2. The number of Topliss-reactive ketones (excluding diaryl/α,β-unsaturated/α-hetero) is 1. The Morgan fingerprint density at radius 3 is 2.03 bits per heavy atom. The number of nitrogens with one attached hydrogen (secondary N) is 1. The van der Waals surface area contributed by atoms with E-state index >= 15 is 4.79 Å². The fraction of sp³-hybridized carbons (Fsp3) is 0.566. The van der Waals surface area contributed by atoms with Crippen LogP contribution in [0.4, 0.5) is 16.2 Å². The highest BCUT2D eigenvalue weighted by molar-refractivity contribution is 6.28. The van der Waals surface area contributed by atoms with Crippen molar-refractivity contribution in [2.75, 3.05) is 66.4 Å². The molecule has 0 bridgehead atoms. The molecule has 35 heteroatoms. The molecule has 7 N–H and O–H groups in total. The second kappa shape index (κ2) is 39.6. The Labute approximate surface area is 642 Å². The minimum absolute atomic E-state index is 0.0437. The van der Waals surface area contributed by atoms with Gasteiger partial charge in [0.1, 0.15) is 48.8 Å². The van der Waals surface area contributed by atoms with Gasteiger partial charge in [-0.3, -0.25) is 62.8 Å². The molecule has 0 saturated carbocycles. The quantitative estimate of drug-likeness (QED) is 0.0191. The van der Waals surface area contributed by atoms with Crippen molar-refractivity contribution in [3.05, 3.63) is 124 Å². The maximum absolute atomic E-state index is 15.2. The molecule has 1 aromatic heterocycles. The number of hydrogen-bond acceptors (Lipinski definition) is 24. The smallest absolute Gasteiger partial charge is 0.410 e. The molecule has 2 fully saturated rings. The number of nitro benzene ring substituents is 1. The Bertz CT molecular complexity index is 3970. The second-order valence-electron chi connectivity index (χ2n) is 29.2. The van der Waals surface area contributed by atoms with E-state index in [0.29, 0.717) is 36.9 Å². The number of carbonyl (C=O) groups excluding carboxylic acids is 9. The van der Waals surface area contributed by atoms with Crippen LogP contribution in [-0.2, 0) is 86.3 Å². The zero-order valence-electron chi connectivity index (χ0n) is 64.5. The Balaban J connectivity index is 1.12. The maximum Gasteiger partial charge on any atom is 0.410 e. The number of benzene rings is 3. The largest absolute Gasteiger partial charge is 0.480 e. The summed E-state index contributed by atoms with van der Waals surface area (Å²) in [5.41, 5.74) is 0.377. The van der Waals surface area contributed by atoms with E-state index in [1.807, 2.05) is 39.0 Å². The number of ketones is 1. The predicted molar refractivity (Wildman–Crippen MR) is 394 cm³/mol. The number of carboxylic acid groups (broad SMARTS) is 2. The van der Waals surface area contributed by atoms with E-state index in [2.05, 4.69) is 15.6 Å². The number of aromatic nitrogens is 3. The standard InChI is InChI=1S/C76H103N11O24/c1-14-43(6)65(56(107-12)37-60(92)85-30-18-21-51(85)70(108-13)45(8)53(88)33-44(7)66(96)47-19-16-15-17-20-47)81(10)73(101)63(41(2)3)77-72(100)64(42(4)5)82(11)76(104)110-55(48-24-27-54(52(35-48)87(105)106)109-75-69(99)67(97)68(98)71(111-75)74(102)103)36-49-38-84(79-78-49)32-31-83(39-61(93)80(9)40-62(94)95)59(91)34-46-22-25-50(26-23-46)86-57(89)28-29-58(86)90/h15-17,19-20,22-29,35,38,41-45,51,55-56,63-71,75,96-99H,14,18,21,30-34,36-37,39-40H2,1-13H3,(H,77,100)(H,94,95)(H,102,103)/t43-,44-,45-,51?,55?,56+,63-,64-,65?,66+,67?,68?,69?,70+,71?,75?/m1/s1. The molecular weight excluding hydrogens is 1450 g/mol. The lowest BCUT2D eigenvalue weighted by atomic mass is 9.85. The Morgan fingerprint density at radius 2 is 1.44 bits per heavy atom. The molecular formula is C76H103N11O24. The fourth-order valence-electron chi connectivity index (χ4n) is 14.2. The molecule has 16 atom stereocenters. The van der Waals surface area contributed by atoms with Gasteiger partial charge in [0.15, 0.2) is 11.9 Å². The van der Waals surface area contributed by atoms with E-state index in [0.717, 1.165) is 43.9 Å². The molecule has 3 aliphatic heterocycles. The van der Waals surface area contributed by atoms with Gasteiger partial charge in [0.05, 0.1) is 72.6 Å². The monoisotopic (exact) mass is 1550 g/mol. The normalized spacial score (nSPS) is 20.4. The number of imide groups is 1. The van der Waals surface area contributed by atoms with Crippen LogP contribution >= 0.6 is 0 Å². The molecule has 8 unspecified atom stereocenters. The molecule has 606 valence electrons. The first kappa shape index (κ1) is 88.0. The molecule has 8 amide bonds. The third-order valence-electron chi connectivity index (χ3n) is 20.7. The number of amides is 8. The number of carbonyl (C=O) groups is 11. The topological polar surface area (TPSA) is 461 Å². The first-order chi connectivity index (χ1) is 52.4. The van der Waals surface area contributed by atoms with Gasteiger partial charge < -0.3 is 79.2 Å². The van der Waals surface area contributed by atoms with E-state index in [1.165, 1.54) is 74.4 Å². The van der Waals surface area contributed by atoms with Crippen LogP contribution in [0.1, 0.15) is 122 Å². The van der Waals surface area contributed by atoms with Crippen LogP contribution in [0.3, 0.4) is 0 Å². The van der Waals surface area contributed by atoms with Crippen LogP contribution in [0.5, 0.6) is 5.75 Å². The molecule has 111 heavy (non-hydrogen) atoms. The van der Waals surface area contributed by atoms with Gasteiger partial charge >= 0.3 is 23.7 Å². The van der Waals surface area contributed by atoms with Crippen molar-refractivity contribution < 1.29 is 112 Å². The van der Waals surface area contributed by atoms with E-state index in [4.69, 9.17) is 23.7 Å². The Kier molecular flexibility index (Phi) is 31.4. The van der Waals surface area contributed by atoms with Crippen molar-refractivity contribution in [1.82, 2.24) is 44.8 Å². The number of likely N-dealkylation sites (tertiary alicyclic amines) is 1. The van der Waals surface area contributed by atoms with Crippen LogP contribution in [0.2, 0.25) is 0 Å². The summed E-state index contributed by atoms with van der Waals surface area (Å²) in [6.45, 7) is 12.7. The van der Waals surface area contributed by atoms with Gasteiger partial charge in [-0.2, -0.15) is 0 Å². The molecule has 3 aromatic carbocycles. The molecule has 4 aromatic rings. The zero-order valence-corrected chi connectivity index (χ0v) is 64.5. The van der Waals surface area contributed by atoms with Gasteiger partial charge in [-0.15, -0.1) is 5.10 Å². The molecule has 2 saturated heterocycles. The lowest BCUT2D eigenvalue weighted by Crippen LogP contribution is -2.61. The summed E-state index contributed by atoms with van der Waals surface area (Å²) in [5, 5.41) is 86.1. The summed E-state index contributed by atoms with van der Waals surface area (Å²) in [5.74, 6) is -10.7. The van der Waals surface area contributed by atoms with Gasteiger partial charge in [-0.1, -0.05) is 116 Å². The first-order valence-corrected chi connectivity index (χ1v) is 36.7. The summed E-state index contributed by atoms with van der Waals surface area (Å²) < 4.78 is 30.4. The lowest BCUT2D eigenvalue weighted by Gasteiger charge is -2.41. The summed E-state index contributed by atoms with van der Waals surface area (Å²) in [7, 11) is 6.99. The number of aliphatic hydroxyl groups is 4. The van der Waals surface area contributed by atoms with Crippen molar-refractivity contribution in [3.63, 3.8) is 0 Å². The van der Waals surface area contributed by atoms with Crippen molar-refractivity contribution in [2.24, 2.45) is 29.6 Å². The van der Waals surface area contributed by atoms with Gasteiger partial charge in [-0.25, -0.2) is 14.5 Å². The van der Waals surface area contributed by atoms with E-state index in [1.54, 1.807) is 58.7 Å². The van der Waals surface area contributed by atoms with Crippen LogP contribution in [-0.4, -0.2) is 269 Å². The van der Waals surface area contributed by atoms with E-state index in [9.17, 15) is 88.7 Å². The molecule has 0 radical (unpaired) electrons. The van der Waals surface area contributed by atoms with Gasteiger partial charge in [0, 0.05) is 91.6 Å². The number of aliphatic carboxylic acids is 2. The first-order valence-electron chi connectivity index (χ1n) is 36.7. The molecule has 0 aliphatic carbocycles. The van der Waals surface area contributed by atoms with E-state index < -0.39 is 192 Å². The molecule has 4 heterocycles. The van der Waals surface area contributed by atoms with E-state index in [-0.39, 0.29) is 66.9 Å². The summed E-state index contributed by atoms with van der Waals surface area (Å²) in [6, 6.07) is 14.2. The minimum atomic E-state index is -2.15. The molecule has 3 aliphatic rings. The van der Waals surface area contributed by atoms with Crippen molar-refractivity contribution in [1.29, 1.82) is 0 Å². The predicted octanol–water partition coefficient (Wildman–Crippen LogP) is 3.27. The highest BCUT2D eigenvalue weighted by Gasteiger charge is 2.50. The van der Waals surface area contributed by atoms with Crippen LogP contribution in [0, 0.1) is 39.7 Å². The number of ether oxygens (including phenoxy) is 5. The zero-order chi connectivity index (χ0) is 82.2. The van der Waals surface area contributed by atoms with Crippen LogP contribution < -0.4 is 15.0 Å². The van der Waals surface area contributed by atoms with Crippen molar-refractivity contribution >= 4 is 76.5 Å². The fourth-order valence-corrected chi connectivity index (χ4v) is 14.2. The highest BCUT2D eigenvalue weighted by atomic mass is 16.7. The summed E-state index contributed by atoms with van der Waals surface area (Å²) in [6.07, 6.45) is -11.5. The number of rotatable bonds is 39. The number of nitrogens with zero attached hydrogens (tertiary/aromatic N) is 10. The van der Waals surface area contributed by atoms with Crippen LogP contribution in [0.15, 0.2) is 91.1 Å². The average Bonchev–Trinajstić information content (AvgIpc) is 1.14. The number of anilines is 1. The lowest BCUT2D eigenvalue weighted by molar-refractivity contribution is -0.387. The molecule has 0 spiro atoms. The summed E-state index contributed by atoms with van der Waals surface area (Å²) in [4.78, 5) is 168. The number of hydrogen-bond donors (Lipinski definition) is 7. The SMILES string of the molecule is CC[C@@H](C)C([C@H](CC(=O)N1CCCC1[C@@H](OC)[C@H](C)C(=O)C[C@@H](C)[C@H](O)c1ccccc1)OC)N(C)C(=O)[C@H](NC(=O)[C@@H](C(C)C)N(C)C(=O)OC(Cc1cn(CCN(CC(=O)N(C)CC(=O)O)C(=O)Cc2ccc(N3C(=O)C=CC3=O)cc2)nn1)c1ccc(OC2OC(C(=O)O)C(O)C(O)C2O)c([N+](=O)[O-])c1)C(C)C. The number of aliphatic hydroxyl groups excluding tert-OH is 4. The van der Waals surface area contributed by atoms with Gasteiger partial charge in [0.25, 0.3) is 11.8 Å². The molecule has 7 rings (SSSR count). The highest BCUT2D eigenvalue weighted by Crippen LogP contribution is 2.37. The van der Waals surface area contributed by atoms with Crippen LogP contribution in [0.25, 0.3) is 0 Å². The van der Waals surface area contributed by atoms with Crippen molar-refractivity contribution in [2.45, 2.75) is 186 Å². The number of nitro groups is 1. The third-order valence-corrected chi connectivity index (χ3v) is 20.7. The van der Waals surface area contributed by atoms with Crippen molar-refractivity contribution in [3.8, 4) is 5.75 Å². The summed E-state index contributed by atoms with van der Waals surface area (Å²) >= 11 is 0. The van der Waals surface area contributed by atoms with Gasteiger partial charge in [0.2, 0.25) is 35.8 Å². The number of carboxylic acids is 2. The Morgan fingerprint density at radius 1 is 0.784 bits per heavy atom. The van der Waals surface area contributed by atoms with Gasteiger partial charge in [-0.05, 0) is 71.4 Å². The maximum atomic E-state index is 15.2.